The summed E-state index contributed by atoms with van der Waals surface area (Å²) in [5.41, 5.74) is -0.234. The normalized spacial score (nSPS) is 25.5. The van der Waals surface area contributed by atoms with Crippen LogP contribution in [0.25, 0.3) is 0 Å². The SMILES string of the molecule is C[C@@H]1C[C@@H](C)CN(C(=O)[C@@H](C)[NH+](C)CC(=O)NC(C)(C)C)C1. The Labute approximate surface area is 135 Å². The first kappa shape index (κ1) is 18.9. The van der Waals surface area contributed by atoms with E-state index in [1.807, 2.05) is 39.6 Å². The molecule has 1 heterocycles. The van der Waals surface area contributed by atoms with Crippen LogP contribution in [-0.2, 0) is 9.59 Å². The molecule has 0 saturated carbocycles. The molecule has 0 aromatic heterocycles. The zero-order valence-corrected chi connectivity index (χ0v) is 15.3. The van der Waals surface area contributed by atoms with Crippen molar-refractivity contribution in [2.75, 3.05) is 26.7 Å². The Kier molecular flexibility index (Phi) is 6.41. The predicted molar refractivity (Wildman–Crippen MR) is 88.6 cm³/mol. The van der Waals surface area contributed by atoms with Crippen LogP contribution in [0.1, 0.15) is 48.0 Å². The minimum Gasteiger partial charge on any atom is -0.347 e. The molecule has 5 nitrogen and oxygen atoms in total. The Morgan fingerprint density at radius 1 is 1.23 bits per heavy atom. The summed E-state index contributed by atoms with van der Waals surface area (Å²) < 4.78 is 0. The summed E-state index contributed by atoms with van der Waals surface area (Å²) in [7, 11) is 1.92. The Morgan fingerprint density at radius 2 is 1.73 bits per heavy atom. The number of likely N-dealkylation sites (tertiary alicyclic amines) is 1. The average Bonchev–Trinajstić information content (AvgIpc) is 2.33. The van der Waals surface area contributed by atoms with Crippen molar-refractivity contribution in [2.24, 2.45) is 11.8 Å². The minimum absolute atomic E-state index is 0.00923. The van der Waals surface area contributed by atoms with Gasteiger partial charge in [0.25, 0.3) is 11.8 Å². The highest BCUT2D eigenvalue weighted by Crippen LogP contribution is 2.21. The molecular formula is C17H34N3O2+. The van der Waals surface area contributed by atoms with Gasteiger partial charge in [0.2, 0.25) is 0 Å². The van der Waals surface area contributed by atoms with E-state index >= 15 is 0 Å². The van der Waals surface area contributed by atoms with E-state index in [0.717, 1.165) is 18.0 Å². The molecule has 1 unspecified atom stereocenters. The molecular weight excluding hydrogens is 278 g/mol. The van der Waals surface area contributed by atoms with Crippen molar-refractivity contribution in [1.29, 1.82) is 0 Å². The fraction of sp³-hybridized carbons (Fsp3) is 0.882. The standard InChI is InChI=1S/C17H33N3O2/c1-12-8-13(2)10-20(9-12)16(22)14(3)19(7)11-15(21)18-17(4,5)6/h12-14H,8-11H2,1-7H3,(H,18,21)/p+1/t12-,13-,14-/m1/s1. The van der Waals surface area contributed by atoms with E-state index in [-0.39, 0.29) is 23.4 Å². The third-order valence-electron chi connectivity index (χ3n) is 4.24. The molecule has 1 aliphatic rings. The van der Waals surface area contributed by atoms with Crippen LogP contribution in [0.4, 0.5) is 0 Å². The molecule has 0 spiro atoms. The average molecular weight is 312 g/mol. The molecule has 5 heteroatoms. The zero-order chi connectivity index (χ0) is 17.1. The number of nitrogens with zero attached hydrogens (tertiary/aromatic N) is 1. The van der Waals surface area contributed by atoms with Gasteiger partial charge in [-0.3, -0.25) is 9.59 Å². The number of amides is 2. The van der Waals surface area contributed by atoms with Crippen LogP contribution in [-0.4, -0.2) is 55.0 Å². The lowest BCUT2D eigenvalue weighted by Gasteiger charge is -2.37. The third-order valence-corrected chi connectivity index (χ3v) is 4.24. The van der Waals surface area contributed by atoms with Crippen molar-refractivity contribution in [3.63, 3.8) is 0 Å². The number of quaternary nitrogens is 1. The van der Waals surface area contributed by atoms with E-state index < -0.39 is 0 Å². The van der Waals surface area contributed by atoms with Gasteiger partial charge in [-0.1, -0.05) is 13.8 Å². The summed E-state index contributed by atoms with van der Waals surface area (Å²) in [6, 6.07) is -0.191. The van der Waals surface area contributed by atoms with Gasteiger partial charge in [-0.05, 0) is 46.0 Å². The van der Waals surface area contributed by atoms with Gasteiger partial charge < -0.3 is 15.1 Å². The van der Waals surface area contributed by atoms with Crippen molar-refractivity contribution in [3.05, 3.63) is 0 Å². The molecule has 0 bridgehead atoms. The van der Waals surface area contributed by atoms with Crippen molar-refractivity contribution in [1.82, 2.24) is 10.2 Å². The molecule has 0 radical (unpaired) electrons. The maximum absolute atomic E-state index is 12.7. The van der Waals surface area contributed by atoms with Gasteiger partial charge in [0.15, 0.2) is 12.6 Å². The van der Waals surface area contributed by atoms with Crippen LogP contribution in [0.15, 0.2) is 0 Å². The molecule has 22 heavy (non-hydrogen) atoms. The number of hydrogen-bond acceptors (Lipinski definition) is 2. The van der Waals surface area contributed by atoms with Crippen molar-refractivity contribution < 1.29 is 14.5 Å². The van der Waals surface area contributed by atoms with Gasteiger partial charge in [0.1, 0.15) is 0 Å². The van der Waals surface area contributed by atoms with Gasteiger partial charge in [-0.15, -0.1) is 0 Å². The smallest absolute Gasteiger partial charge is 0.280 e. The summed E-state index contributed by atoms with van der Waals surface area (Å²) in [5, 5.41) is 2.95. The van der Waals surface area contributed by atoms with E-state index in [2.05, 4.69) is 19.2 Å². The number of hydrogen-bond donors (Lipinski definition) is 2. The van der Waals surface area contributed by atoms with Crippen LogP contribution in [0.5, 0.6) is 0 Å². The van der Waals surface area contributed by atoms with E-state index in [1.54, 1.807) is 0 Å². The van der Waals surface area contributed by atoms with Gasteiger partial charge in [0.05, 0.1) is 7.05 Å². The molecule has 1 saturated heterocycles. The first-order valence-electron chi connectivity index (χ1n) is 8.41. The summed E-state index contributed by atoms with van der Waals surface area (Å²) in [6.45, 7) is 14.2. The predicted octanol–water partition coefficient (Wildman–Crippen LogP) is 0.309. The number of rotatable bonds is 4. The van der Waals surface area contributed by atoms with Crippen LogP contribution < -0.4 is 10.2 Å². The number of carbonyl (C=O) groups excluding carboxylic acids is 2. The highest BCUT2D eigenvalue weighted by Gasteiger charge is 2.32. The lowest BCUT2D eigenvalue weighted by molar-refractivity contribution is -0.886. The first-order valence-corrected chi connectivity index (χ1v) is 8.41. The molecule has 0 aliphatic carbocycles. The molecule has 128 valence electrons. The van der Waals surface area contributed by atoms with Crippen LogP contribution in [0.3, 0.4) is 0 Å². The second-order valence-electron chi connectivity index (χ2n) is 8.23. The molecule has 1 fully saturated rings. The van der Waals surface area contributed by atoms with Crippen LogP contribution in [0, 0.1) is 11.8 Å². The second-order valence-corrected chi connectivity index (χ2v) is 8.23. The van der Waals surface area contributed by atoms with Crippen LogP contribution >= 0.6 is 0 Å². The van der Waals surface area contributed by atoms with Gasteiger partial charge in [-0.25, -0.2) is 0 Å². The number of likely N-dealkylation sites (N-methyl/N-ethyl adjacent to an activating group) is 1. The number of piperidine rings is 1. The summed E-state index contributed by atoms with van der Waals surface area (Å²) in [4.78, 5) is 27.6. The Hall–Kier alpha value is -1.10. The lowest BCUT2D eigenvalue weighted by atomic mass is 9.91. The summed E-state index contributed by atoms with van der Waals surface area (Å²) in [5.74, 6) is 1.28. The summed E-state index contributed by atoms with van der Waals surface area (Å²) in [6.07, 6.45) is 1.19. The maximum Gasteiger partial charge on any atom is 0.280 e. The fourth-order valence-electron chi connectivity index (χ4n) is 3.20. The van der Waals surface area contributed by atoms with Crippen molar-refractivity contribution in [3.8, 4) is 0 Å². The van der Waals surface area contributed by atoms with Crippen LogP contribution in [0.2, 0.25) is 0 Å². The highest BCUT2D eigenvalue weighted by molar-refractivity contribution is 5.81. The molecule has 0 aromatic carbocycles. The monoisotopic (exact) mass is 312 g/mol. The van der Waals surface area contributed by atoms with Gasteiger partial charge in [0, 0.05) is 18.6 Å². The molecule has 1 rings (SSSR count). The first-order chi connectivity index (χ1) is 9.99. The van der Waals surface area contributed by atoms with Gasteiger partial charge in [-0.2, -0.15) is 0 Å². The van der Waals surface area contributed by atoms with E-state index in [0.29, 0.717) is 18.4 Å². The third kappa shape index (κ3) is 5.95. The quantitative estimate of drug-likeness (QED) is 0.785. The van der Waals surface area contributed by atoms with E-state index in [4.69, 9.17) is 0 Å². The largest absolute Gasteiger partial charge is 0.347 e. The Bertz CT molecular complexity index is 393. The van der Waals surface area contributed by atoms with Gasteiger partial charge >= 0.3 is 0 Å². The molecule has 1 aliphatic heterocycles. The molecule has 2 amide bonds. The topological polar surface area (TPSA) is 53.9 Å². The van der Waals surface area contributed by atoms with E-state index in [9.17, 15) is 9.59 Å². The van der Waals surface area contributed by atoms with Crippen molar-refractivity contribution >= 4 is 11.8 Å². The Balaban J connectivity index is 2.56. The lowest BCUT2D eigenvalue weighted by Crippen LogP contribution is -3.15. The second kappa shape index (κ2) is 7.44. The minimum atomic E-state index is -0.234. The maximum atomic E-state index is 12.7. The zero-order valence-electron chi connectivity index (χ0n) is 15.3. The fourth-order valence-corrected chi connectivity index (χ4v) is 3.20. The molecule has 2 N–H and O–H groups in total. The molecule has 0 aromatic rings. The summed E-state index contributed by atoms with van der Waals surface area (Å²) >= 11 is 0. The molecule has 4 atom stereocenters. The Morgan fingerprint density at radius 3 is 2.18 bits per heavy atom. The number of carbonyl (C=O) groups is 2. The number of nitrogens with one attached hydrogen (secondary N) is 2. The van der Waals surface area contributed by atoms with Crippen molar-refractivity contribution in [2.45, 2.75) is 59.5 Å². The van der Waals surface area contributed by atoms with E-state index in [1.165, 1.54) is 6.42 Å². The highest BCUT2D eigenvalue weighted by atomic mass is 16.2.